The first-order valence-corrected chi connectivity index (χ1v) is 7.16. The van der Waals surface area contributed by atoms with Crippen molar-refractivity contribution in [3.63, 3.8) is 0 Å². The summed E-state index contributed by atoms with van der Waals surface area (Å²) in [6, 6.07) is 10.8. The first-order valence-electron chi connectivity index (χ1n) is 6.28. The Labute approximate surface area is 121 Å². The molecule has 1 aromatic carbocycles. The van der Waals surface area contributed by atoms with Gasteiger partial charge < -0.3 is 10.6 Å². The van der Waals surface area contributed by atoms with E-state index in [0.717, 1.165) is 4.88 Å². The van der Waals surface area contributed by atoms with Crippen LogP contribution in [-0.2, 0) is 4.79 Å². The highest BCUT2D eigenvalue weighted by Crippen LogP contribution is 2.19. The lowest BCUT2D eigenvalue weighted by Crippen LogP contribution is -2.26. The third-order valence-corrected chi connectivity index (χ3v) is 3.84. The van der Waals surface area contributed by atoms with Gasteiger partial charge in [-0.05, 0) is 42.6 Å². The van der Waals surface area contributed by atoms with E-state index >= 15 is 0 Å². The topological polar surface area (TPSA) is 58.2 Å². The Balaban J connectivity index is 2.00. The maximum Gasteiger partial charge on any atom is 0.251 e. The molecule has 0 fully saturated rings. The van der Waals surface area contributed by atoms with Gasteiger partial charge in [-0.15, -0.1) is 11.3 Å². The zero-order chi connectivity index (χ0) is 14.5. The van der Waals surface area contributed by atoms with Crippen LogP contribution in [0.4, 0.5) is 5.69 Å². The molecule has 0 radical (unpaired) electrons. The SMILES string of the molecule is CC(=O)Nc1ccc(C(=O)N[C@H](C)c2cccs2)cc1. The molecular formula is C15H16N2O2S. The number of anilines is 1. The number of rotatable bonds is 4. The van der Waals surface area contributed by atoms with Gasteiger partial charge in [0.05, 0.1) is 6.04 Å². The molecule has 0 unspecified atom stereocenters. The van der Waals surface area contributed by atoms with Gasteiger partial charge in [-0.25, -0.2) is 0 Å². The Morgan fingerprint density at radius 3 is 2.40 bits per heavy atom. The van der Waals surface area contributed by atoms with Gasteiger partial charge in [0.1, 0.15) is 0 Å². The average molecular weight is 288 g/mol. The van der Waals surface area contributed by atoms with Gasteiger partial charge in [0, 0.05) is 23.1 Å². The molecule has 2 aromatic rings. The Hall–Kier alpha value is -2.14. The number of amides is 2. The maximum atomic E-state index is 12.1. The van der Waals surface area contributed by atoms with E-state index in [1.165, 1.54) is 6.92 Å². The molecule has 2 N–H and O–H groups in total. The van der Waals surface area contributed by atoms with Crippen LogP contribution in [0.15, 0.2) is 41.8 Å². The van der Waals surface area contributed by atoms with Gasteiger partial charge in [0.25, 0.3) is 5.91 Å². The molecule has 0 saturated carbocycles. The second-order valence-corrected chi connectivity index (χ2v) is 5.45. The number of carbonyl (C=O) groups is 2. The van der Waals surface area contributed by atoms with Crippen LogP contribution in [0.25, 0.3) is 0 Å². The van der Waals surface area contributed by atoms with Gasteiger partial charge in [-0.3, -0.25) is 9.59 Å². The number of hydrogen-bond acceptors (Lipinski definition) is 3. The average Bonchev–Trinajstić information content (AvgIpc) is 2.92. The summed E-state index contributed by atoms with van der Waals surface area (Å²) in [5.74, 6) is -0.256. The molecule has 0 aliphatic heterocycles. The van der Waals surface area contributed by atoms with Crippen LogP contribution in [0, 0.1) is 0 Å². The Bertz CT molecular complexity index is 591. The van der Waals surface area contributed by atoms with Crippen molar-refractivity contribution in [1.29, 1.82) is 0 Å². The summed E-state index contributed by atoms with van der Waals surface area (Å²) in [5.41, 5.74) is 1.25. The first-order chi connectivity index (χ1) is 9.56. The molecular weight excluding hydrogens is 272 g/mol. The molecule has 2 rings (SSSR count). The largest absolute Gasteiger partial charge is 0.345 e. The molecule has 0 spiro atoms. The van der Waals surface area contributed by atoms with Crippen LogP contribution in [0.1, 0.15) is 35.1 Å². The van der Waals surface area contributed by atoms with Gasteiger partial charge in [-0.2, -0.15) is 0 Å². The molecule has 20 heavy (non-hydrogen) atoms. The third-order valence-electron chi connectivity index (χ3n) is 2.79. The van der Waals surface area contributed by atoms with Gasteiger partial charge in [0.2, 0.25) is 5.91 Å². The predicted molar refractivity (Wildman–Crippen MR) is 80.9 cm³/mol. The fraction of sp³-hybridized carbons (Fsp3) is 0.200. The molecule has 5 heteroatoms. The van der Waals surface area contributed by atoms with Gasteiger partial charge in [0.15, 0.2) is 0 Å². The quantitative estimate of drug-likeness (QED) is 0.907. The summed E-state index contributed by atoms with van der Waals surface area (Å²) in [6.07, 6.45) is 0. The van der Waals surface area contributed by atoms with Crippen LogP contribution in [0.2, 0.25) is 0 Å². The van der Waals surface area contributed by atoms with E-state index in [9.17, 15) is 9.59 Å². The van der Waals surface area contributed by atoms with Crippen LogP contribution in [0.5, 0.6) is 0 Å². The summed E-state index contributed by atoms with van der Waals surface area (Å²) in [4.78, 5) is 24.1. The molecule has 0 saturated heterocycles. The molecule has 2 amide bonds. The highest BCUT2D eigenvalue weighted by atomic mass is 32.1. The summed E-state index contributed by atoms with van der Waals surface area (Å²) < 4.78 is 0. The van der Waals surface area contributed by atoms with E-state index in [0.29, 0.717) is 11.3 Å². The zero-order valence-electron chi connectivity index (χ0n) is 11.3. The van der Waals surface area contributed by atoms with E-state index in [1.807, 2.05) is 24.4 Å². The zero-order valence-corrected chi connectivity index (χ0v) is 12.2. The van der Waals surface area contributed by atoms with Crippen molar-refractivity contribution in [3.05, 3.63) is 52.2 Å². The van der Waals surface area contributed by atoms with E-state index in [2.05, 4.69) is 10.6 Å². The second-order valence-electron chi connectivity index (χ2n) is 4.47. The number of nitrogens with one attached hydrogen (secondary N) is 2. The third kappa shape index (κ3) is 3.68. The Kier molecular flexibility index (Phi) is 4.53. The van der Waals surface area contributed by atoms with Crippen LogP contribution in [0.3, 0.4) is 0 Å². The van der Waals surface area contributed by atoms with Crippen LogP contribution < -0.4 is 10.6 Å². The minimum Gasteiger partial charge on any atom is -0.345 e. The van der Waals surface area contributed by atoms with Crippen LogP contribution in [-0.4, -0.2) is 11.8 Å². The monoisotopic (exact) mass is 288 g/mol. The standard InChI is InChI=1S/C15H16N2O2S/c1-10(14-4-3-9-20-14)16-15(19)12-5-7-13(8-6-12)17-11(2)18/h3-10H,1-2H3,(H,16,19)(H,17,18)/t10-/m1/s1. The first kappa shape index (κ1) is 14.3. The summed E-state index contributed by atoms with van der Waals surface area (Å²) >= 11 is 1.62. The fourth-order valence-electron chi connectivity index (χ4n) is 1.80. The van der Waals surface area contributed by atoms with E-state index in [1.54, 1.807) is 35.6 Å². The number of benzene rings is 1. The molecule has 0 bridgehead atoms. The number of thiophene rings is 1. The van der Waals surface area contributed by atoms with E-state index < -0.39 is 0 Å². The van der Waals surface area contributed by atoms with Crippen LogP contribution >= 0.6 is 11.3 Å². The van der Waals surface area contributed by atoms with Crippen molar-refractivity contribution in [1.82, 2.24) is 5.32 Å². The predicted octanol–water partition coefficient (Wildman–Crippen LogP) is 3.20. The fourth-order valence-corrected chi connectivity index (χ4v) is 2.53. The highest BCUT2D eigenvalue weighted by Gasteiger charge is 2.12. The highest BCUT2D eigenvalue weighted by molar-refractivity contribution is 7.10. The smallest absolute Gasteiger partial charge is 0.251 e. The lowest BCUT2D eigenvalue weighted by atomic mass is 10.1. The second kappa shape index (κ2) is 6.34. The molecule has 0 aliphatic rings. The minimum atomic E-state index is -0.131. The Morgan fingerprint density at radius 2 is 1.85 bits per heavy atom. The maximum absolute atomic E-state index is 12.1. The molecule has 104 valence electrons. The molecule has 1 aromatic heterocycles. The van der Waals surface area contributed by atoms with Crippen molar-refractivity contribution in [2.24, 2.45) is 0 Å². The number of hydrogen-bond donors (Lipinski definition) is 2. The van der Waals surface area contributed by atoms with E-state index in [-0.39, 0.29) is 17.9 Å². The van der Waals surface area contributed by atoms with E-state index in [4.69, 9.17) is 0 Å². The summed E-state index contributed by atoms with van der Waals surface area (Å²) in [5, 5.41) is 7.59. The van der Waals surface area contributed by atoms with Gasteiger partial charge >= 0.3 is 0 Å². The van der Waals surface area contributed by atoms with Crippen molar-refractivity contribution in [3.8, 4) is 0 Å². The number of carbonyl (C=O) groups excluding carboxylic acids is 2. The Morgan fingerprint density at radius 1 is 1.15 bits per heavy atom. The molecule has 0 aliphatic carbocycles. The van der Waals surface area contributed by atoms with Crippen molar-refractivity contribution >= 4 is 28.8 Å². The van der Waals surface area contributed by atoms with Crippen molar-refractivity contribution in [2.75, 3.05) is 5.32 Å². The lowest BCUT2D eigenvalue weighted by Gasteiger charge is -2.12. The summed E-state index contributed by atoms with van der Waals surface area (Å²) in [7, 11) is 0. The van der Waals surface area contributed by atoms with Crippen molar-refractivity contribution in [2.45, 2.75) is 19.9 Å². The molecule has 1 heterocycles. The van der Waals surface area contributed by atoms with Gasteiger partial charge in [-0.1, -0.05) is 6.07 Å². The minimum absolute atomic E-state index is 0.0162. The lowest BCUT2D eigenvalue weighted by molar-refractivity contribution is -0.114. The van der Waals surface area contributed by atoms with Crippen molar-refractivity contribution < 1.29 is 9.59 Å². The molecule has 4 nitrogen and oxygen atoms in total. The molecule has 1 atom stereocenters. The summed E-state index contributed by atoms with van der Waals surface area (Å²) in [6.45, 7) is 3.40. The normalized spacial score (nSPS) is 11.7.